The van der Waals surface area contributed by atoms with Gasteiger partial charge in [-0.2, -0.15) is 4.31 Å². The van der Waals surface area contributed by atoms with Crippen LogP contribution in [-0.2, 0) is 19.9 Å². The quantitative estimate of drug-likeness (QED) is 0.820. The maximum absolute atomic E-state index is 13.0. The average Bonchev–Trinajstić information content (AvgIpc) is 3.13. The maximum Gasteiger partial charge on any atom is 0.243 e. The summed E-state index contributed by atoms with van der Waals surface area (Å²) in [6.45, 7) is 1.70. The molecule has 122 valence electrons. The van der Waals surface area contributed by atoms with Crippen LogP contribution >= 0.6 is 11.6 Å². The summed E-state index contributed by atoms with van der Waals surface area (Å²) in [5.41, 5.74) is 0.582. The lowest BCUT2D eigenvalue weighted by Gasteiger charge is -2.28. The smallest absolute Gasteiger partial charge is 0.229 e. The molecule has 1 atom stereocenters. The van der Waals surface area contributed by atoms with Crippen molar-refractivity contribution < 1.29 is 16.8 Å². The molecule has 1 aromatic rings. The lowest BCUT2D eigenvalue weighted by molar-refractivity contribution is 0.332. The Morgan fingerprint density at radius 3 is 2.36 bits per heavy atom. The van der Waals surface area contributed by atoms with Gasteiger partial charge in [-0.05, 0) is 49.9 Å². The summed E-state index contributed by atoms with van der Waals surface area (Å²) in [5, 5.41) is 0.484. The average molecular weight is 364 g/mol. The van der Waals surface area contributed by atoms with Crippen LogP contribution in [0.5, 0.6) is 0 Å². The lowest BCUT2D eigenvalue weighted by Crippen LogP contribution is -2.42. The molecule has 1 aliphatic heterocycles. The summed E-state index contributed by atoms with van der Waals surface area (Å²) in [6.07, 6.45) is 1.97. The van der Waals surface area contributed by atoms with Gasteiger partial charge in [0.15, 0.2) is 9.84 Å². The van der Waals surface area contributed by atoms with Crippen LogP contribution in [-0.4, -0.2) is 44.7 Å². The monoisotopic (exact) mass is 363 g/mol. The first-order valence-electron chi connectivity index (χ1n) is 7.21. The summed E-state index contributed by atoms with van der Waals surface area (Å²) in [6, 6.07) is 4.16. The fourth-order valence-electron chi connectivity index (χ4n) is 3.01. The van der Waals surface area contributed by atoms with Gasteiger partial charge >= 0.3 is 0 Å². The minimum Gasteiger partial charge on any atom is -0.229 e. The van der Waals surface area contributed by atoms with E-state index in [4.69, 9.17) is 11.6 Å². The van der Waals surface area contributed by atoms with Gasteiger partial charge in [-0.1, -0.05) is 11.6 Å². The summed E-state index contributed by atoms with van der Waals surface area (Å²) in [5.74, 6) is -0.00856. The number of sulfone groups is 1. The lowest BCUT2D eigenvalue weighted by atomic mass is 10.2. The molecule has 0 spiro atoms. The van der Waals surface area contributed by atoms with Crippen molar-refractivity contribution in [2.24, 2.45) is 0 Å². The van der Waals surface area contributed by atoms with Gasteiger partial charge in [0.2, 0.25) is 10.0 Å². The number of benzene rings is 1. The van der Waals surface area contributed by atoms with Crippen LogP contribution in [0.4, 0.5) is 0 Å². The molecule has 0 aromatic heterocycles. The Morgan fingerprint density at radius 2 is 1.86 bits per heavy atom. The first kappa shape index (κ1) is 16.2. The molecule has 22 heavy (non-hydrogen) atoms. The van der Waals surface area contributed by atoms with E-state index < -0.39 is 25.9 Å². The topological polar surface area (TPSA) is 71.5 Å². The highest BCUT2D eigenvalue weighted by molar-refractivity contribution is 7.92. The Hall–Kier alpha value is -0.630. The number of hydrogen-bond acceptors (Lipinski definition) is 4. The number of sulfonamides is 1. The Bertz CT molecular complexity index is 800. The normalized spacial score (nSPS) is 24.8. The fourth-order valence-corrected chi connectivity index (χ4v) is 7.15. The molecule has 2 fully saturated rings. The van der Waals surface area contributed by atoms with Crippen molar-refractivity contribution in [2.75, 3.05) is 11.5 Å². The van der Waals surface area contributed by atoms with E-state index in [2.05, 4.69) is 0 Å². The zero-order chi connectivity index (χ0) is 16.1. The van der Waals surface area contributed by atoms with Gasteiger partial charge in [-0.25, -0.2) is 16.8 Å². The Morgan fingerprint density at radius 1 is 1.18 bits per heavy atom. The number of aryl methyl sites for hydroxylation is 1. The second-order valence-corrected chi connectivity index (χ2v) is 10.5. The van der Waals surface area contributed by atoms with Crippen molar-refractivity contribution in [3.05, 3.63) is 28.8 Å². The van der Waals surface area contributed by atoms with E-state index in [9.17, 15) is 16.8 Å². The molecule has 5 nitrogen and oxygen atoms in total. The van der Waals surface area contributed by atoms with Gasteiger partial charge < -0.3 is 0 Å². The second-order valence-electron chi connectivity index (χ2n) is 6.03. The van der Waals surface area contributed by atoms with Crippen molar-refractivity contribution in [1.82, 2.24) is 4.31 Å². The van der Waals surface area contributed by atoms with Crippen molar-refractivity contribution >= 4 is 31.5 Å². The molecule has 1 saturated heterocycles. The zero-order valence-electron chi connectivity index (χ0n) is 12.2. The van der Waals surface area contributed by atoms with E-state index >= 15 is 0 Å². The maximum atomic E-state index is 13.0. The van der Waals surface area contributed by atoms with Gasteiger partial charge in [0, 0.05) is 17.1 Å². The van der Waals surface area contributed by atoms with Gasteiger partial charge in [-0.15, -0.1) is 0 Å². The van der Waals surface area contributed by atoms with Gasteiger partial charge in [0.1, 0.15) is 0 Å². The largest absolute Gasteiger partial charge is 0.243 e. The molecule has 1 unspecified atom stereocenters. The summed E-state index contributed by atoms with van der Waals surface area (Å²) in [4.78, 5) is 0.216. The molecule has 0 N–H and O–H groups in total. The standard InChI is InChI=1S/C14H18ClNO4S2/c1-10-8-11(15)2-5-14(10)22(19,20)16(12-3-4-12)13-6-7-21(17,18)9-13/h2,5,8,12-13H,3-4,6-7,9H2,1H3. The number of nitrogens with zero attached hydrogens (tertiary/aromatic N) is 1. The third-order valence-corrected chi connectivity index (χ3v) is 8.32. The van der Waals surface area contributed by atoms with Gasteiger partial charge in [0.25, 0.3) is 0 Å². The van der Waals surface area contributed by atoms with Crippen LogP contribution in [0, 0.1) is 6.92 Å². The van der Waals surface area contributed by atoms with Crippen LogP contribution in [0.1, 0.15) is 24.8 Å². The third-order valence-electron chi connectivity index (χ3n) is 4.17. The number of rotatable bonds is 4. The molecule has 0 bridgehead atoms. The van der Waals surface area contributed by atoms with Crippen molar-refractivity contribution in [3.63, 3.8) is 0 Å². The molecule has 1 aliphatic carbocycles. The molecular formula is C14H18ClNO4S2. The van der Waals surface area contributed by atoms with E-state index in [0.29, 0.717) is 17.0 Å². The van der Waals surface area contributed by atoms with Crippen LogP contribution in [0.2, 0.25) is 5.02 Å². The zero-order valence-corrected chi connectivity index (χ0v) is 14.6. The molecule has 1 aromatic carbocycles. The number of halogens is 1. The van der Waals surface area contributed by atoms with Gasteiger partial charge in [0.05, 0.1) is 16.4 Å². The Labute approximate surface area is 136 Å². The molecule has 1 heterocycles. The SMILES string of the molecule is Cc1cc(Cl)ccc1S(=O)(=O)N(C1CC1)C1CCS(=O)(=O)C1. The van der Waals surface area contributed by atoms with Crippen molar-refractivity contribution in [1.29, 1.82) is 0 Å². The molecule has 0 amide bonds. The molecule has 0 radical (unpaired) electrons. The van der Waals surface area contributed by atoms with E-state index in [-0.39, 0.29) is 22.4 Å². The minimum absolute atomic E-state index is 0.0655. The van der Waals surface area contributed by atoms with E-state index in [1.165, 1.54) is 10.4 Å². The third kappa shape index (κ3) is 3.04. The molecule has 3 rings (SSSR count). The predicted molar refractivity (Wildman–Crippen MR) is 85.3 cm³/mol. The summed E-state index contributed by atoms with van der Waals surface area (Å²) >= 11 is 5.90. The minimum atomic E-state index is -3.71. The Balaban J connectivity index is 2.01. The summed E-state index contributed by atoms with van der Waals surface area (Å²) in [7, 11) is -6.84. The van der Waals surface area contributed by atoms with Crippen LogP contribution in [0.25, 0.3) is 0 Å². The number of hydrogen-bond donors (Lipinski definition) is 0. The highest BCUT2D eigenvalue weighted by Gasteiger charge is 2.46. The first-order valence-corrected chi connectivity index (χ1v) is 10.8. The molecule has 2 aliphatic rings. The summed E-state index contributed by atoms with van der Waals surface area (Å²) < 4.78 is 51.0. The first-order chi connectivity index (χ1) is 10.2. The van der Waals surface area contributed by atoms with Crippen LogP contribution in [0.3, 0.4) is 0 Å². The van der Waals surface area contributed by atoms with E-state index in [1.807, 2.05) is 0 Å². The fraction of sp³-hybridized carbons (Fsp3) is 0.571. The predicted octanol–water partition coefficient (Wildman–Crippen LogP) is 1.99. The highest BCUT2D eigenvalue weighted by atomic mass is 35.5. The van der Waals surface area contributed by atoms with Gasteiger partial charge in [-0.3, -0.25) is 0 Å². The highest BCUT2D eigenvalue weighted by Crippen LogP contribution is 2.37. The van der Waals surface area contributed by atoms with Crippen LogP contribution < -0.4 is 0 Å². The van der Waals surface area contributed by atoms with E-state index in [0.717, 1.165) is 12.8 Å². The van der Waals surface area contributed by atoms with Crippen molar-refractivity contribution in [2.45, 2.75) is 43.2 Å². The molecule has 8 heteroatoms. The molecule has 1 saturated carbocycles. The molecular weight excluding hydrogens is 346 g/mol. The van der Waals surface area contributed by atoms with Crippen molar-refractivity contribution in [3.8, 4) is 0 Å². The van der Waals surface area contributed by atoms with E-state index in [1.54, 1.807) is 19.1 Å². The van der Waals surface area contributed by atoms with Crippen LogP contribution in [0.15, 0.2) is 23.1 Å². The second kappa shape index (κ2) is 5.47. The Kier molecular flexibility index (Phi) is 4.04.